The number of anilines is 1. The summed E-state index contributed by atoms with van der Waals surface area (Å²) >= 11 is 0. The maximum Gasteiger partial charge on any atom is 0.234 e. The van der Waals surface area contributed by atoms with Crippen molar-refractivity contribution in [2.24, 2.45) is 0 Å². The molecule has 0 saturated carbocycles. The molecule has 5 heteroatoms. The van der Waals surface area contributed by atoms with Gasteiger partial charge in [-0.2, -0.15) is 4.98 Å². The van der Waals surface area contributed by atoms with Gasteiger partial charge in [0.15, 0.2) is 5.82 Å². The number of nitrogens with zero attached hydrogens (tertiary/aromatic N) is 3. The summed E-state index contributed by atoms with van der Waals surface area (Å²) in [7, 11) is 0. The largest absolute Gasteiger partial charge is 0.472 e. The molecule has 5 nitrogen and oxygen atoms in total. The van der Waals surface area contributed by atoms with Crippen LogP contribution >= 0.6 is 0 Å². The van der Waals surface area contributed by atoms with Gasteiger partial charge in [-0.05, 0) is 12.5 Å². The summed E-state index contributed by atoms with van der Waals surface area (Å²) in [5.41, 5.74) is 1.13. The van der Waals surface area contributed by atoms with Gasteiger partial charge in [0.1, 0.15) is 6.61 Å². The summed E-state index contributed by atoms with van der Waals surface area (Å²) in [6.07, 6.45) is 3.47. The summed E-state index contributed by atoms with van der Waals surface area (Å²) in [4.78, 5) is 11.1. The summed E-state index contributed by atoms with van der Waals surface area (Å²) in [6, 6.07) is 10.5. The van der Waals surface area contributed by atoms with Crippen molar-refractivity contribution in [1.29, 1.82) is 0 Å². The molecule has 21 heavy (non-hydrogen) atoms. The van der Waals surface area contributed by atoms with E-state index in [0.717, 1.165) is 31.0 Å². The number of rotatable bonds is 4. The van der Waals surface area contributed by atoms with Gasteiger partial charge in [0, 0.05) is 25.7 Å². The average molecular weight is 284 g/mol. The highest BCUT2D eigenvalue weighted by Gasteiger charge is 2.19. The Labute approximate surface area is 125 Å². The molecule has 0 spiro atoms. The number of aromatic nitrogens is 2. The van der Waals surface area contributed by atoms with Crippen molar-refractivity contribution in [2.45, 2.75) is 19.6 Å². The second kappa shape index (κ2) is 6.54. The van der Waals surface area contributed by atoms with E-state index in [1.807, 2.05) is 30.3 Å². The van der Waals surface area contributed by atoms with E-state index >= 15 is 0 Å². The third-order valence-corrected chi connectivity index (χ3v) is 3.62. The lowest BCUT2D eigenvalue weighted by Crippen LogP contribution is -2.50. The molecule has 110 valence electrons. The minimum atomic E-state index is 0.414. The molecule has 1 aromatic heterocycles. The van der Waals surface area contributed by atoms with Crippen LogP contribution in [0.25, 0.3) is 0 Å². The van der Waals surface area contributed by atoms with Gasteiger partial charge in [0.25, 0.3) is 0 Å². The highest BCUT2D eigenvalue weighted by molar-refractivity contribution is 5.39. The van der Waals surface area contributed by atoms with Crippen molar-refractivity contribution in [3.05, 3.63) is 48.3 Å². The molecule has 1 fully saturated rings. The van der Waals surface area contributed by atoms with Crippen LogP contribution in [0, 0.1) is 0 Å². The number of benzene rings is 1. The summed E-state index contributed by atoms with van der Waals surface area (Å²) < 4.78 is 5.74. The SMILES string of the molecule is C[C@@H]1CNCCN1c1cncc(OCc2ccccc2)n1. The Morgan fingerprint density at radius 1 is 1.29 bits per heavy atom. The highest BCUT2D eigenvalue weighted by Crippen LogP contribution is 2.18. The molecule has 0 bridgehead atoms. The van der Waals surface area contributed by atoms with E-state index < -0.39 is 0 Å². The number of ether oxygens (including phenoxy) is 1. The van der Waals surface area contributed by atoms with E-state index in [1.165, 1.54) is 0 Å². The van der Waals surface area contributed by atoms with Crippen LogP contribution in [0.1, 0.15) is 12.5 Å². The molecule has 1 N–H and O–H groups in total. The first-order valence-electron chi connectivity index (χ1n) is 7.29. The van der Waals surface area contributed by atoms with Crippen LogP contribution in [0.15, 0.2) is 42.7 Å². The molecule has 1 atom stereocenters. The van der Waals surface area contributed by atoms with Gasteiger partial charge < -0.3 is 15.0 Å². The van der Waals surface area contributed by atoms with Crippen molar-refractivity contribution in [3.8, 4) is 5.88 Å². The zero-order valence-electron chi connectivity index (χ0n) is 12.2. The van der Waals surface area contributed by atoms with E-state index in [9.17, 15) is 0 Å². The quantitative estimate of drug-likeness (QED) is 0.928. The molecule has 0 aliphatic carbocycles. The number of nitrogens with one attached hydrogen (secondary N) is 1. The molecule has 1 aromatic carbocycles. The van der Waals surface area contributed by atoms with E-state index in [0.29, 0.717) is 18.5 Å². The third kappa shape index (κ3) is 3.49. The van der Waals surface area contributed by atoms with Gasteiger partial charge in [-0.15, -0.1) is 0 Å². The van der Waals surface area contributed by atoms with Crippen molar-refractivity contribution in [2.75, 3.05) is 24.5 Å². The lowest BCUT2D eigenvalue weighted by atomic mass is 10.2. The first kappa shape index (κ1) is 13.8. The predicted molar refractivity (Wildman–Crippen MR) is 82.5 cm³/mol. The summed E-state index contributed by atoms with van der Waals surface area (Å²) in [5.74, 6) is 1.46. The standard InChI is InChI=1S/C16H20N4O/c1-13-9-17-7-8-20(13)15-10-18-11-16(19-15)21-12-14-5-3-2-4-6-14/h2-6,10-11,13,17H,7-9,12H2,1H3/t13-/m1/s1. The third-order valence-electron chi connectivity index (χ3n) is 3.62. The minimum absolute atomic E-state index is 0.414. The number of hydrogen-bond donors (Lipinski definition) is 1. The minimum Gasteiger partial charge on any atom is -0.472 e. The van der Waals surface area contributed by atoms with E-state index in [4.69, 9.17) is 4.74 Å². The predicted octanol–water partition coefficient (Wildman–Crippen LogP) is 1.85. The summed E-state index contributed by atoms with van der Waals surface area (Å²) in [6.45, 7) is 5.58. The van der Waals surface area contributed by atoms with Crippen molar-refractivity contribution in [3.63, 3.8) is 0 Å². The van der Waals surface area contributed by atoms with Gasteiger partial charge in [0.05, 0.1) is 12.4 Å². The van der Waals surface area contributed by atoms with Crippen LogP contribution in [0.4, 0.5) is 5.82 Å². The fraction of sp³-hybridized carbons (Fsp3) is 0.375. The normalized spacial score (nSPS) is 18.5. The molecule has 1 aliphatic rings. The van der Waals surface area contributed by atoms with Crippen molar-refractivity contribution >= 4 is 5.82 Å². The maximum absolute atomic E-state index is 5.74. The molecule has 0 amide bonds. The Hall–Kier alpha value is -2.14. The second-order valence-electron chi connectivity index (χ2n) is 5.24. The molecule has 1 aliphatic heterocycles. The zero-order valence-corrected chi connectivity index (χ0v) is 12.2. The number of piperazine rings is 1. The van der Waals surface area contributed by atoms with Gasteiger partial charge in [-0.1, -0.05) is 30.3 Å². The Bertz CT molecular complexity index is 575. The molecular weight excluding hydrogens is 264 g/mol. The van der Waals surface area contributed by atoms with Gasteiger partial charge in [0.2, 0.25) is 5.88 Å². The molecule has 0 radical (unpaired) electrons. The Balaban J connectivity index is 1.68. The van der Waals surface area contributed by atoms with Crippen LogP contribution < -0.4 is 15.0 Å². The van der Waals surface area contributed by atoms with Crippen LogP contribution in [-0.4, -0.2) is 35.6 Å². The fourth-order valence-electron chi connectivity index (χ4n) is 2.46. The average Bonchev–Trinajstić information content (AvgIpc) is 2.55. The van der Waals surface area contributed by atoms with E-state index in [-0.39, 0.29) is 0 Å². The van der Waals surface area contributed by atoms with Gasteiger partial charge in [-0.3, -0.25) is 4.98 Å². The maximum atomic E-state index is 5.74. The van der Waals surface area contributed by atoms with Gasteiger partial charge in [-0.25, -0.2) is 0 Å². The van der Waals surface area contributed by atoms with Crippen LogP contribution in [0.5, 0.6) is 5.88 Å². The lowest BCUT2D eigenvalue weighted by molar-refractivity contribution is 0.292. The van der Waals surface area contributed by atoms with Crippen LogP contribution in [0.2, 0.25) is 0 Å². The molecule has 1 saturated heterocycles. The molecular formula is C16H20N4O. The Morgan fingerprint density at radius 2 is 2.14 bits per heavy atom. The Kier molecular flexibility index (Phi) is 4.31. The topological polar surface area (TPSA) is 50.3 Å². The Morgan fingerprint density at radius 3 is 2.95 bits per heavy atom. The monoisotopic (exact) mass is 284 g/mol. The summed E-state index contributed by atoms with van der Waals surface area (Å²) in [5, 5.41) is 3.37. The van der Waals surface area contributed by atoms with Crippen molar-refractivity contribution < 1.29 is 4.74 Å². The second-order valence-corrected chi connectivity index (χ2v) is 5.24. The smallest absolute Gasteiger partial charge is 0.234 e. The van der Waals surface area contributed by atoms with Crippen molar-refractivity contribution in [1.82, 2.24) is 15.3 Å². The van der Waals surface area contributed by atoms with E-state index in [2.05, 4.69) is 27.1 Å². The van der Waals surface area contributed by atoms with Crippen LogP contribution in [-0.2, 0) is 6.61 Å². The fourth-order valence-corrected chi connectivity index (χ4v) is 2.46. The van der Waals surface area contributed by atoms with E-state index in [1.54, 1.807) is 12.4 Å². The molecule has 2 aromatic rings. The zero-order chi connectivity index (χ0) is 14.5. The molecule has 3 rings (SSSR count). The molecule has 0 unspecified atom stereocenters. The first-order valence-corrected chi connectivity index (χ1v) is 7.29. The number of hydrogen-bond acceptors (Lipinski definition) is 5. The highest BCUT2D eigenvalue weighted by atomic mass is 16.5. The first-order chi connectivity index (χ1) is 10.3. The lowest BCUT2D eigenvalue weighted by Gasteiger charge is -2.34. The van der Waals surface area contributed by atoms with Gasteiger partial charge >= 0.3 is 0 Å². The van der Waals surface area contributed by atoms with Crippen LogP contribution in [0.3, 0.4) is 0 Å². The molecule has 2 heterocycles.